The molecule has 96 valence electrons. The Morgan fingerprint density at radius 2 is 1.94 bits per heavy atom. The lowest BCUT2D eigenvalue weighted by Gasteiger charge is -2.28. The first-order chi connectivity index (χ1) is 8.38. The number of rotatable bonds is 5. The van der Waals surface area contributed by atoms with Gasteiger partial charge in [-0.15, -0.1) is 0 Å². The van der Waals surface area contributed by atoms with E-state index in [4.69, 9.17) is 10.00 Å². The van der Waals surface area contributed by atoms with E-state index in [0.29, 0.717) is 12.6 Å². The van der Waals surface area contributed by atoms with Crippen molar-refractivity contribution in [1.29, 1.82) is 5.26 Å². The van der Waals surface area contributed by atoms with Gasteiger partial charge in [0.25, 0.3) is 0 Å². The van der Waals surface area contributed by atoms with Crippen LogP contribution in [0.25, 0.3) is 0 Å². The summed E-state index contributed by atoms with van der Waals surface area (Å²) in [5.74, 6) is 0. The summed E-state index contributed by atoms with van der Waals surface area (Å²) in [5, 5.41) is 11.8. The smallest absolute Gasteiger partial charge is 0.0843 e. The number of morpholine rings is 1. The van der Waals surface area contributed by atoms with Gasteiger partial charge in [0.15, 0.2) is 0 Å². The largest absolute Gasteiger partial charge is 0.379 e. The molecular weight excluding hydrogens is 216 g/mol. The predicted molar refractivity (Wildman–Crippen MR) is 65.7 cm³/mol. The Kier molecular flexibility index (Phi) is 5.20. The van der Waals surface area contributed by atoms with Crippen LogP contribution in [0.2, 0.25) is 0 Å². The number of ether oxygens (including phenoxy) is 1. The summed E-state index contributed by atoms with van der Waals surface area (Å²) in [5.41, 5.74) is 0. The van der Waals surface area contributed by atoms with Gasteiger partial charge in [-0.1, -0.05) is 0 Å². The molecule has 0 aromatic carbocycles. The second-order valence-electron chi connectivity index (χ2n) is 4.78. The zero-order valence-electron chi connectivity index (χ0n) is 10.4. The van der Waals surface area contributed by atoms with Crippen molar-refractivity contribution in [3.05, 3.63) is 0 Å². The number of hydrogen-bond donors (Lipinski definition) is 1. The third-order valence-electron chi connectivity index (χ3n) is 3.58. The summed E-state index contributed by atoms with van der Waals surface area (Å²) in [6.07, 6.45) is 1.17. The molecule has 2 rings (SSSR count). The first kappa shape index (κ1) is 12.8. The van der Waals surface area contributed by atoms with Crippen molar-refractivity contribution in [2.24, 2.45) is 0 Å². The highest BCUT2D eigenvalue weighted by Crippen LogP contribution is 2.09. The molecule has 5 nitrogen and oxygen atoms in total. The molecular formula is C12H22N4O. The van der Waals surface area contributed by atoms with E-state index in [1.165, 1.54) is 6.42 Å². The second-order valence-corrected chi connectivity index (χ2v) is 4.78. The number of likely N-dealkylation sites (tertiary alicyclic amines) is 1. The molecule has 17 heavy (non-hydrogen) atoms. The number of hydrogen-bond acceptors (Lipinski definition) is 5. The Hall–Kier alpha value is -0.670. The molecule has 1 N–H and O–H groups in total. The minimum Gasteiger partial charge on any atom is -0.379 e. The third kappa shape index (κ3) is 4.25. The minimum atomic E-state index is 0.474. The Morgan fingerprint density at radius 3 is 2.71 bits per heavy atom. The van der Waals surface area contributed by atoms with E-state index in [-0.39, 0.29) is 0 Å². The molecule has 2 heterocycles. The van der Waals surface area contributed by atoms with E-state index >= 15 is 0 Å². The van der Waals surface area contributed by atoms with Gasteiger partial charge < -0.3 is 15.0 Å². The highest BCUT2D eigenvalue weighted by molar-refractivity contribution is 4.85. The normalized spacial score (nSPS) is 27.1. The number of nitrogens with one attached hydrogen (secondary N) is 1. The standard InChI is InChI=1S/C12H22N4O/c13-2-3-14-12-1-4-16(11-12)6-5-15-7-9-17-10-8-15/h12,14H,1,3-11H2. The fraction of sp³-hybridized carbons (Fsp3) is 0.917. The highest BCUT2D eigenvalue weighted by atomic mass is 16.5. The summed E-state index contributed by atoms with van der Waals surface area (Å²) in [4.78, 5) is 4.96. The van der Waals surface area contributed by atoms with Gasteiger partial charge in [0.1, 0.15) is 0 Å². The number of nitrogens with zero attached hydrogens (tertiary/aromatic N) is 3. The highest BCUT2D eigenvalue weighted by Gasteiger charge is 2.22. The molecule has 0 amide bonds. The summed E-state index contributed by atoms with van der Waals surface area (Å²) < 4.78 is 5.34. The molecule has 0 saturated carbocycles. The molecule has 5 heteroatoms. The van der Waals surface area contributed by atoms with Crippen molar-refractivity contribution in [3.8, 4) is 6.07 Å². The molecule has 2 fully saturated rings. The van der Waals surface area contributed by atoms with Crippen LogP contribution in [0.5, 0.6) is 0 Å². The topological polar surface area (TPSA) is 51.5 Å². The maximum absolute atomic E-state index is 8.52. The first-order valence-corrected chi connectivity index (χ1v) is 6.51. The Morgan fingerprint density at radius 1 is 1.18 bits per heavy atom. The van der Waals surface area contributed by atoms with Gasteiger partial charge in [-0.25, -0.2) is 0 Å². The molecule has 2 aliphatic heterocycles. The molecule has 1 atom stereocenters. The average molecular weight is 238 g/mol. The van der Waals surface area contributed by atoms with Crippen molar-refractivity contribution < 1.29 is 4.74 Å². The van der Waals surface area contributed by atoms with Crippen molar-refractivity contribution in [3.63, 3.8) is 0 Å². The first-order valence-electron chi connectivity index (χ1n) is 6.51. The van der Waals surface area contributed by atoms with Gasteiger partial charge in [-0.3, -0.25) is 4.90 Å². The quantitative estimate of drug-likeness (QED) is 0.655. The van der Waals surface area contributed by atoms with Crippen LogP contribution in [0.1, 0.15) is 6.42 Å². The Labute approximate surface area is 103 Å². The molecule has 0 aromatic rings. The van der Waals surface area contributed by atoms with Gasteiger partial charge in [0.2, 0.25) is 0 Å². The molecule has 0 spiro atoms. The fourth-order valence-electron chi connectivity index (χ4n) is 2.50. The van der Waals surface area contributed by atoms with Crippen LogP contribution in [0, 0.1) is 11.3 Å². The van der Waals surface area contributed by atoms with E-state index in [9.17, 15) is 0 Å². The summed E-state index contributed by atoms with van der Waals surface area (Å²) in [6.45, 7) is 8.92. The van der Waals surface area contributed by atoms with Gasteiger partial charge in [-0.05, 0) is 13.0 Å². The molecule has 2 aliphatic rings. The van der Waals surface area contributed by atoms with Crippen molar-refractivity contribution in [2.75, 3.05) is 59.0 Å². The summed E-state index contributed by atoms with van der Waals surface area (Å²) in [7, 11) is 0. The van der Waals surface area contributed by atoms with Crippen LogP contribution in [-0.2, 0) is 4.74 Å². The fourth-order valence-corrected chi connectivity index (χ4v) is 2.50. The van der Waals surface area contributed by atoms with Gasteiger partial charge in [0, 0.05) is 38.8 Å². The van der Waals surface area contributed by atoms with E-state index in [1.807, 2.05) is 0 Å². The van der Waals surface area contributed by atoms with Crippen LogP contribution in [0.15, 0.2) is 0 Å². The molecule has 2 saturated heterocycles. The lowest BCUT2D eigenvalue weighted by molar-refractivity contribution is 0.0343. The zero-order chi connectivity index (χ0) is 11.9. The van der Waals surface area contributed by atoms with Crippen LogP contribution in [0.3, 0.4) is 0 Å². The molecule has 0 aliphatic carbocycles. The lowest BCUT2D eigenvalue weighted by Crippen LogP contribution is -2.41. The monoisotopic (exact) mass is 238 g/mol. The second kappa shape index (κ2) is 6.92. The van der Waals surface area contributed by atoms with Gasteiger partial charge >= 0.3 is 0 Å². The van der Waals surface area contributed by atoms with E-state index in [0.717, 1.165) is 52.5 Å². The molecule has 0 bridgehead atoms. The van der Waals surface area contributed by atoms with Crippen molar-refractivity contribution in [1.82, 2.24) is 15.1 Å². The van der Waals surface area contributed by atoms with E-state index in [1.54, 1.807) is 0 Å². The molecule has 0 radical (unpaired) electrons. The minimum absolute atomic E-state index is 0.474. The van der Waals surface area contributed by atoms with Crippen LogP contribution >= 0.6 is 0 Å². The van der Waals surface area contributed by atoms with Gasteiger partial charge in [-0.2, -0.15) is 5.26 Å². The van der Waals surface area contributed by atoms with E-state index < -0.39 is 0 Å². The van der Waals surface area contributed by atoms with Crippen molar-refractivity contribution >= 4 is 0 Å². The van der Waals surface area contributed by atoms with Crippen LogP contribution in [-0.4, -0.2) is 74.9 Å². The van der Waals surface area contributed by atoms with Gasteiger partial charge in [0.05, 0.1) is 25.8 Å². The summed E-state index contributed by atoms with van der Waals surface area (Å²) in [6, 6.07) is 2.65. The maximum Gasteiger partial charge on any atom is 0.0843 e. The van der Waals surface area contributed by atoms with Crippen LogP contribution < -0.4 is 5.32 Å². The Balaban J connectivity index is 1.59. The predicted octanol–water partition coefficient (Wildman–Crippen LogP) is -0.494. The van der Waals surface area contributed by atoms with E-state index in [2.05, 4.69) is 21.2 Å². The Bertz CT molecular complexity index is 260. The maximum atomic E-state index is 8.52. The SMILES string of the molecule is N#CCNC1CCN(CCN2CCOCC2)C1. The lowest BCUT2D eigenvalue weighted by atomic mass is 10.3. The molecule has 0 aromatic heterocycles. The average Bonchev–Trinajstić information content (AvgIpc) is 2.83. The zero-order valence-corrected chi connectivity index (χ0v) is 10.4. The van der Waals surface area contributed by atoms with Crippen molar-refractivity contribution in [2.45, 2.75) is 12.5 Å². The number of nitriles is 1. The summed E-state index contributed by atoms with van der Waals surface area (Å²) >= 11 is 0. The van der Waals surface area contributed by atoms with Crippen LogP contribution in [0.4, 0.5) is 0 Å². The third-order valence-corrected chi connectivity index (χ3v) is 3.58. The molecule has 1 unspecified atom stereocenters.